The van der Waals surface area contributed by atoms with Crippen LogP contribution in [0, 0.1) is 0 Å². The van der Waals surface area contributed by atoms with Crippen LogP contribution in [-0.4, -0.2) is 16.8 Å². The summed E-state index contributed by atoms with van der Waals surface area (Å²) in [4.78, 5) is 11.3. The van der Waals surface area contributed by atoms with Crippen molar-refractivity contribution in [2.45, 2.75) is 11.4 Å². The van der Waals surface area contributed by atoms with Crippen LogP contribution in [0.3, 0.4) is 0 Å². The lowest BCUT2D eigenvalue weighted by molar-refractivity contribution is -0.133. The van der Waals surface area contributed by atoms with Gasteiger partial charge in [-0.15, -0.1) is 0 Å². The van der Waals surface area contributed by atoms with Gasteiger partial charge in [-0.25, -0.2) is 0 Å². The van der Waals surface area contributed by atoms with Gasteiger partial charge in [0.15, 0.2) is 0 Å². The number of rotatable bonds is 5. The Hall–Kier alpha value is -0.650. The Morgan fingerprint density at radius 1 is 1.36 bits per heavy atom. The van der Waals surface area contributed by atoms with Gasteiger partial charge in [-0.1, -0.05) is 33.7 Å². The minimum absolute atomic E-state index is 0.114. The molecule has 5 heteroatoms. The topological polar surface area (TPSA) is 63.3 Å². The summed E-state index contributed by atoms with van der Waals surface area (Å²) in [5.74, 6) is -0.676. The number of carbonyl (C=O) groups is 1. The number of aliphatic carboxylic acids is 1. The minimum Gasteiger partial charge on any atom is -0.481 e. The summed E-state index contributed by atoms with van der Waals surface area (Å²) in [5.41, 5.74) is 6.53. The lowest BCUT2D eigenvalue weighted by Gasteiger charge is -2.00. The Bertz CT molecular complexity index is 300. The molecule has 3 nitrogen and oxygen atoms in total. The Morgan fingerprint density at radius 3 is 2.50 bits per heavy atom. The highest BCUT2D eigenvalue weighted by molar-refractivity contribution is 8.76. The number of nitrogens with two attached hydrogens (primary N) is 1. The average molecular weight is 229 g/mol. The molecule has 0 saturated heterocycles. The quantitative estimate of drug-likeness (QED) is 0.756. The van der Waals surface area contributed by atoms with E-state index in [1.54, 1.807) is 0 Å². The zero-order chi connectivity index (χ0) is 10.4. The fraction of sp³-hybridized carbons (Fsp3) is 0.222. The molecule has 0 saturated carbocycles. The second-order valence-electron chi connectivity index (χ2n) is 2.59. The standard InChI is InChI=1S/C9H11NO2S2/c10-5-7-1-3-8(4-2-7)14-13-6-9(11)12/h1-4H,5-6,10H2,(H,11,12). The van der Waals surface area contributed by atoms with Gasteiger partial charge < -0.3 is 10.8 Å². The fourth-order valence-electron chi connectivity index (χ4n) is 0.829. The molecule has 0 heterocycles. The minimum atomic E-state index is -0.791. The third kappa shape index (κ3) is 4.04. The average Bonchev–Trinajstić information content (AvgIpc) is 2.18. The van der Waals surface area contributed by atoms with Crippen molar-refractivity contribution < 1.29 is 9.90 Å². The Balaban J connectivity index is 2.40. The molecule has 14 heavy (non-hydrogen) atoms. The van der Waals surface area contributed by atoms with Gasteiger partial charge in [-0.2, -0.15) is 0 Å². The van der Waals surface area contributed by atoms with Crippen molar-refractivity contribution >= 4 is 27.6 Å². The van der Waals surface area contributed by atoms with E-state index in [1.165, 1.54) is 21.6 Å². The van der Waals surface area contributed by atoms with Crippen LogP contribution in [0.2, 0.25) is 0 Å². The van der Waals surface area contributed by atoms with Crippen molar-refractivity contribution in [1.29, 1.82) is 0 Å². The van der Waals surface area contributed by atoms with E-state index in [9.17, 15) is 4.79 Å². The van der Waals surface area contributed by atoms with Crippen LogP contribution in [0.5, 0.6) is 0 Å². The van der Waals surface area contributed by atoms with Gasteiger partial charge in [0.05, 0.1) is 0 Å². The Labute approximate surface area is 90.5 Å². The molecule has 0 aliphatic rings. The van der Waals surface area contributed by atoms with Gasteiger partial charge in [0.2, 0.25) is 0 Å². The van der Waals surface area contributed by atoms with Crippen LogP contribution in [-0.2, 0) is 11.3 Å². The molecule has 1 aromatic carbocycles. The first-order valence-corrected chi connectivity index (χ1v) is 6.34. The monoisotopic (exact) mass is 229 g/mol. The first-order chi connectivity index (χ1) is 6.72. The zero-order valence-electron chi connectivity index (χ0n) is 7.47. The maximum absolute atomic E-state index is 10.2. The maximum Gasteiger partial charge on any atom is 0.314 e. The molecule has 0 fully saturated rings. The van der Waals surface area contributed by atoms with E-state index >= 15 is 0 Å². The number of benzene rings is 1. The second-order valence-corrected chi connectivity index (χ2v) is 4.96. The molecule has 3 N–H and O–H groups in total. The molecular weight excluding hydrogens is 218 g/mol. The lowest BCUT2D eigenvalue weighted by Crippen LogP contribution is -1.96. The number of hydrogen-bond acceptors (Lipinski definition) is 4. The van der Waals surface area contributed by atoms with Crippen LogP contribution in [0.15, 0.2) is 29.2 Å². The molecule has 0 amide bonds. The third-order valence-corrected chi connectivity index (χ3v) is 3.73. The zero-order valence-corrected chi connectivity index (χ0v) is 9.11. The van der Waals surface area contributed by atoms with Crippen LogP contribution in [0.25, 0.3) is 0 Å². The smallest absolute Gasteiger partial charge is 0.314 e. The Morgan fingerprint density at radius 2 is 2.00 bits per heavy atom. The molecule has 0 aromatic heterocycles. The highest BCUT2D eigenvalue weighted by Gasteiger charge is 1.99. The SMILES string of the molecule is NCc1ccc(SSCC(=O)O)cc1. The van der Waals surface area contributed by atoms with Crippen molar-refractivity contribution in [3.05, 3.63) is 29.8 Å². The molecule has 0 radical (unpaired) electrons. The molecule has 0 aliphatic carbocycles. The number of carboxylic acids is 1. The van der Waals surface area contributed by atoms with E-state index in [-0.39, 0.29) is 5.75 Å². The summed E-state index contributed by atoms with van der Waals surface area (Å²) >= 11 is 0. The molecule has 1 rings (SSSR count). The first-order valence-electron chi connectivity index (χ1n) is 4.02. The summed E-state index contributed by atoms with van der Waals surface area (Å²) in [6.45, 7) is 0.535. The maximum atomic E-state index is 10.2. The van der Waals surface area contributed by atoms with Crippen molar-refractivity contribution in [3.63, 3.8) is 0 Å². The molecule has 0 bridgehead atoms. The molecular formula is C9H11NO2S2. The highest BCUT2D eigenvalue weighted by Crippen LogP contribution is 2.30. The van der Waals surface area contributed by atoms with E-state index in [1.807, 2.05) is 24.3 Å². The van der Waals surface area contributed by atoms with Crippen LogP contribution in [0.1, 0.15) is 5.56 Å². The molecule has 0 atom stereocenters. The van der Waals surface area contributed by atoms with Gasteiger partial charge >= 0.3 is 5.97 Å². The van der Waals surface area contributed by atoms with E-state index in [4.69, 9.17) is 10.8 Å². The van der Waals surface area contributed by atoms with Crippen molar-refractivity contribution in [3.8, 4) is 0 Å². The molecule has 1 aromatic rings. The van der Waals surface area contributed by atoms with E-state index in [0.29, 0.717) is 6.54 Å². The Kier molecular flexibility index (Phi) is 4.86. The van der Waals surface area contributed by atoms with Crippen molar-refractivity contribution in [2.24, 2.45) is 5.73 Å². The molecule has 76 valence electrons. The van der Waals surface area contributed by atoms with Gasteiger partial charge in [0.25, 0.3) is 0 Å². The highest BCUT2D eigenvalue weighted by atomic mass is 33.1. The predicted octanol–water partition coefficient (Wildman–Crippen LogP) is 1.97. The predicted molar refractivity (Wildman–Crippen MR) is 60.3 cm³/mol. The summed E-state index contributed by atoms with van der Waals surface area (Å²) in [6, 6.07) is 7.79. The van der Waals surface area contributed by atoms with Gasteiger partial charge in [0.1, 0.15) is 5.75 Å². The largest absolute Gasteiger partial charge is 0.481 e. The second kappa shape index (κ2) is 5.95. The van der Waals surface area contributed by atoms with Crippen molar-refractivity contribution in [1.82, 2.24) is 0 Å². The number of carboxylic acid groups (broad SMARTS) is 1. The summed E-state index contributed by atoms with van der Waals surface area (Å²) in [7, 11) is 2.78. The normalized spacial score (nSPS) is 10.1. The van der Waals surface area contributed by atoms with Crippen LogP contribution in [0.4, 0.5) is 0 Å². The number of hydrogen-bond donors (Lipinski definition) is 2. The van der Waals surface area contributed by atoms with E-state index in [2.05, 4.69) is 0 Å². The molecule has 0 aliphatic heterocycles. The molecule has 0 unspecified atom stereocenters. The fourth-order valence-corrected chi connectivity index (χ4v) is 2.59. The summed E-state index contributed by atoms with van der Waals surface area (Å²) < 4.78 is 0. The van der Waals surface area contributed by atoms with E-state index < -0.39 is 5.97 Å². The van der Waals surface area contributed by atoms with Crippen molar-refractivity contribution in [2.75, 3.05) is 5.75 Å². The lowest BCUT2D eigenvalue weighted by atomic mass is 10.2. The third-order valence-electron chi connectivity index (χ3n) is 1.50. The van der Waals surface area contributed by atoms with Gasteiger partial charge in [-0.05, 0) is 17.7 Å². The first kappa shape index (κ1) is 11.4. The van der Waals surface area contributed by atoms with Crippen LogP contribution >= 0.6 is 21.6 Å². The van der Waals surface area contributed by atoms with Gasteiger partial charge in [0, 0.05) is 11.4 Å². The van der Waals surface area contributed by atoms with E-state index in [0.717, 1.165) is 10.5 Å². The summed E-state index contributed by atoms with van der Waals surface area (Å²) in [6.07, 6.45) is 0. The van der Waals surface area contributed by atoms with Gasteiger partial charge in [-0.3, -0.25) is 4.79 Å². The summed E-state index contributed by atoms with van der Waals surface area (Å²) in [5, 5.41) is 8.42. The molecule has 0 spiro atoms. The van der Waals surface area contributed by atoms with Crippen LogP contribution < -0.4 is 5.73 Å².